The van der Waals surface area contributed by atoms with Crippen LogP contribution in [-0.2, 0) is 6.42 Å². The third kappa shape index (κ3) is 3.38. The van der Waals surface area contributed by atoms with Crippen molar-refractivity contribution in [3.8, 4) is 6.07 Å². The molecule has 0 amide bonds. The lowest BCUT2D eigenvalue weighted by atomic mass is 9.66. The summed E-state index contributed by atoms with van der Waals surface area (Å²) >= 11 is 0. The van der Waals surface area contributed by atoms with Crippen LogP contribution in [0.25, 0.3) is 0 Å². The molecule has 19 heavy (non-hydrogen) atoms. The fraction of sp³-hybridized carbons (Fsp3) is 0.611. The van der Waals surface area contributed by atoms with E-state index in [0.29, 0.717) is 0 Å². The van der Waals surface area contributed by atoms with Crippen molar-refractivity contribution in [1.82, 2.24) is 0 Å². The Morgan fingerprint density at radius 2 is 1.79 bits per heavy atom. The smallest absolute Gasteiger partial charge is 0.0693 e. The molecule has 0 heterocycles. The van der Waals surface area contributed by atoms with Crippen LogP contribution in [0.5, 0.6) is 0 Å². The molecule has 0 saturated heterocycles. The Morgan fingerprint density at radius 1 is 1.21 bits per heavy atom. The number of benzene rings is 1. The van der Waals surface area contributed by atoms with Crippen LogP contribution >= 0.6 is 0 Å². The Hall–Kier alpha value is -1.29. The van der Waals surface area contributed by atoms with E-state index in [1.54, 1.807) is 0 Å². The molecule has 0 spiro atoms. The molecule has 0 atom stereocenters. The number of hydrogen-bond acceptors (Lipinski definition) is 1. The summed E-state index contributed by atoms with van der Waals surface area (Å²) in [6.07, 6.45) is 5.50. The van der Waals surface area contributed by atoms with Crippen LogP contribution in [-0.4, -0.2) is 0 Å². The molecule has 2 rings (SSSR count). The topological polar surface area (TPSA) is 23.8 Å². The quantitative estimate of drug-likeness (QED) is 0.754. The number of aryl methyl sites for hydroxylation is 1. The van der Waals surface area contributed by atoms with E-state index in [0.717, 1.165) is 31.1 Å². The lowest BCUT2D eigenvalue weighted by molar-refractivity contribution is 0.175. The van der Waals surface area contributed by atoms with Crippen molar-refractivity contribution >= 4 is 0 Å². The Kier molecular flexibility index (Phi) is 4.30. The monoisotopic (exact) mass is 255 g/mol. The third-order valence-electron chi connectivity index (χ3n) is 4.83. The van der Waals surface area contributed by atoms with Gasteiger partial charge in [0, 0.05) is 0 Å². The van der Waals surface area contributed by atoms with Gasteiger partial charge < -0.3 is 0 Å². The van der Waals surface area contributed by atoms with Gasteiger partial charge in [-0.25, -0.2) is 0 Å². The van der Waals surface area contributed by atoms with Crippen molar-refractivity contribution in [2.24, 2.45) is 17.3 Å². The lowest BCUT2D eigenvalue weighted by Gasteiger charge is -2.36. The summed E-state index contributed by atoms with van der Waals surface area (Å²) in [7, 11) is 0. The second-order valence-electron chi connectivity index (χ2n) is 6.64. The van der Waals surface area contributed by atoms with E-state index < -0.39 is 0 Å². The van der Waals surface area contributed by atoms with Crippen LogP contribution in [0.1, 0.15) is 50.7 Å². The highest BCUT2D eigenvalue weighted by Crippen LogP contribution is 2.43. The fourth-order valence-electron chi connectivity index (χ4n) is 3.28. The minimum atomic E-state index is -0.110. The molecule has 102 valence electrons. The standard InChI is InChI=1S/C18H25N/c1-14(2)17-8-10-18(13-19,11-9-17)12-16-6-4-15(3)5-7-16/h4-7,14,17H,8-12H2,1-3H3. The molecular weight excluding hydrogens is 230 g/mol. The zero-order valence-electron chi connectivity index (χ0n) is 12.4. The number of hydrogen-bond donors (Lipinski definition) is 0. The summed E-state index contributed by atoms with van der Waals surface area (Å²) in [4.78, 5) is 0. The second-order valence-corrected chi connectivity index (χ2v) is 6.64. The van der Waals surface area contributed by atoms with Crippen LogP contribution in [0.2, 0.25) is 0 Å². The Balaban J connectivity index is 2.05. The molecule has 0 unspecified atom stereocenters. The predicted molar refractivity (Wildman–Crippen MR) is 79.7 cm³/mol. The molecule has 0 aromatic heterocycles. The van der Waals surface area contributed by atoms with Crippen molar-refractivity contribution < 1.29 is 0 Å². The Labute approximate surface area is 117 Å². The van der Waals surface area contributed by atoms with Gasteiger partial charge in [-0.3, -0.25) is 0 Å². The van der Waals surface area contributed by atoms with E-state index in [1.165, 1.54) is 24.0 Å². The van der Waals surface area contributed by atoms with Gasteiger partial charge in [-0.15, -0.1) is 0 Å². The molecule has 1 saturated carbocycles. The van der Waals surface area contributed by atoms with Crippen LogP contribution in [0.15, 0.2) is 24.3 Å². The van der Waals surface area contributed by atoms with E-state index >= 15 is 0 Å². The van der Waals surface area contributed by atoms with E-state index in [9.17, 15) is 5.26 Å². The van der Waals surface area contributed by atoms with E-state index in [1.807, 2.05) is 0 Å². The first-order chi connectivity index (χ1) is 9.04. The van der Waals surface area contributed by atoms with Crippen molar-refractivity contribution in [3.05, 3.63) is 35.4 Å². The SMILES string of the molecule is Cc1ccc(CC2(C#N)CCC(C(C)C)CC2)cc1. The van der Waals surface area contributed by atoms with Crippen LogP contribution in [0, 0.1) is 35.5 Å². The molecule has 1 nitrogen and oxygen atoms in total. The van der Waals surface area contributed by atoms with Crippen LogP contribution in [0.4, 0.5) is 0 Å². The highest BCUT2D eigenvalue weighted by molar-refractivity contribution is 5.24. The van der Waals surface area contributed by atoms with Crippen LogP contribution < -0.4 is 0 Å². The van der Waals surface area contributed by atoms with Gasteiger partial charge >= 0.3 is 0 Å². The maximum absolute atomic E-state index is 9.63. The molecule has 1 fully saturated rings. The molecule has 0 aliphatic heterocycles. The zero-order valence-corrected chi connectivity index (χ0v) is 12.4. The molecule has 1 aliphatic carbocycles. The minimum Gasteiger partial charge on any atom is -0.198 e. The normalized spacial score (nSPS) is 27.2. The highest BCUT2D eigenvalue weighted by atomic mass is 14.4. The fourth-order valence-corrected chi connectivity index (χ4v) is 3.28. The van der Waals surface area contributed by atoms with Gasteiger partial charge in [0.15, 0.2) is 0 Å². The minimum absolute atomic E-state index is 0.110. The number of rotatable bonds is 3. The molecule has 1 aromatic rings. The first-order valence-electron chi connectivity index (χ1n) is 7.51. The summed E-state index contributed by atoms with van der Waals surface area (Å²) in [6, 6.07) is 11.3. The number of nitrogens with zero attached hydrogens (tertiary/aromatic N) is 1. The summed E-state index contributed by atoms with van der Waals surface area (Å²) < 4.78 is 0. The van der Waals surface area contributed by atoms with Gasteiger partial charge in [0.1, 0.15) is 0 Å². The van der Waals surface area contributed by atoms with Gasteiger partial charge in [-0.05, 0) is 56.4 Å². The van der Waals surface area contributed by atoms with Crippen molar-refractivity contribution in [3.63, 3.8) is 0 Å². The van der Waals surface area contributed by atoms with Crippen LogP contribution in [0.3, 0.4) is 0 Å². The van der Waals surface area contributed by atoms with Gasteiger partial charge in [0.05, 0.1) is 11.5 Å². The van der Waals surface area contributed by atoms with E-state index in [2.05, 4.69) is 51.1 Å². The van der Waals surface area contributed by atoms with Gasteiger partial charge in [-0.1, -0.05) is 43.7 Å². The first-order valence-corrected chi connectivity index (χ1v) is 7.51. The van der Waals surface area contributed by atoms with Crippen molar-refractivity contribution in [1.29, 1.82) is 5.26 Å². The second kappa shape index (κ2) is 5.78. The maximum atomic E-state index is 9.63. The third-order valence-corrected chi connectivity index (χ3v) is 4.83. The Morgan fingerprint density at radius 3 is 2.26 bits per heavy atom. The van der Waals surface area contributed by atoms with Gasteiger partial charge in [0.2, 0.25) is 0 Å². The summed E-state index contributed by atoms with van der Waals surface area (Å²) in [5.74, 6) is 1.58. The van der Waals surface area contributed by atoms with Crippen molar-refractivity contribution in [2.45, 2.75) is 52.9 Å². The molecule has 0 radical (unpaired) electrons. The molecule has 0 bridgehead atoms. The van der Waals surface area contributed by atoms with Gasteiger partial charge in [-0.2, -0.15) is 5.26 Å². The Bertz CT molecular complexity index is 442. The average molecular weight is 255 g/mol. The average Bonchev–Trinajstić information content (AvgIpc) is 2.42. The zero-order chi connectivity index (χ0) is 13.9. The predicted octanol–water partition coefficient (Wildman–Crippen LogP) is 4.89. The summed E-state index contributed by atoms with van der Waals surface area (Å²) in [5, 5.41) is 9.63. The highest BCUT2D eigenvalue weighted by Gasteiger charge is 2.36. The molecule has 1 aromatic carbocycles. The van der Waals surface area contributed by atoms with Gasteiger partial charge in [0.25, 0.3) is 0 Å². The van der Waals surface area contributed by atoms with Crippen molar-refractivity contribution in [2.75, 3.05) is 0 Å². The van der Waals surface area contributed by atoms with E-state index in [-0.39, 0.29) is 5.41 Å². The number of nitriles is 1. The van der Waals surface area contributed by atoms with E-state index in [4.69, 9.17) is 0 Å². The summed E-state index contributed by atoms with van der Waals surface area (Å²) in [6.45, 7) is 6.73. The maximum Gasteiger partial charge on any atom is 0.0693 e. The summed E-state index contributed by atoms with van der Waals surface area (Å²) in [5.41, 5.74) is 2.49. The molecule has 1 heteroatoms. The molecule has 1 aliphatic rings. The molecule has 0 N–H and O–H groups in total. The molecular formula is C18H25N. The largest absolute Gasteiger partial charge is 0.198 e. The lowest BCUT2D eigenvalue weighted by Crippen LogP contribution is -2.30. The first kappa shape index (κ1) is 14.1.